The van der Waals surface area contributed by atoms with Crippen molar-refractivity contribution in [2.24, 2.45) is 0 Å². The van der Waals surface area contributed by atoms with Gasteiger partial charge in [-0.15, -0.1) is 0 Å². The second-order valence-corrected chi connectivity index (χ2v) is 3.05. The van der Waals surface area contributed by atoms with Crippen LogP contribution in [0, 0.1) is 10.1 Å². The van der Waals surface area contributed by atoms with Crippen molar-refractivity contribution in [2.45, 2.75) is 0 Å². The lowest BCUT2D eigenvalue weighted by atomic mass is 10.2. The van der Waals surface area contributed by atoms with Gasteiger partial charge in [-0.2, -0.15) is 0 Å². The number of hydrogen-bond acceptors (Lipinski definition) is 4. The van der Waals surface area contributed by atoms with Crippen LogP contribution in [0.2, 0.25) is 0 Å². The summed E-state index contributed by atoms with van der Waals surface area (Å²) in [5, 5.41) is 10.2. The Kier molecular flexibility index (Phi) is 4.93. The molecule has 1 aromatic carbocycles. The monoisotopic (exact) mass is 241 g/mol. The third kappa shape index (κ3) is 4.10. The number of halogens is 1. The van der Waals surface area contributed by atoms with E-state index in [1.807, 2.05) is 0 Å². The average molecular weight is 241 g/mol. The molecule has 0 unspecified atom stereocenters. The van der Waals surface area contributed by atoms with E-state index in [0.29, 0.717) is 17.1 Å². The number of hydrogen-bond donors (Lipinski definition) is 0. The third-order valence-corrected chi connectivity index (χ3v) is 1.91. The molecule has 17 heavy (non-hydrogen) atoms. The van der Waals surface area contributed by atoms with Crippen LogP contribution < -0.4 is 9.47 Å². The first-order valence-electron chi connectivity index (χ1n) is 4.86. The fourth-order valence-electron chi connectivity index (χ4n) is 1.21. The molecule has 0 radical (unpaired) electrons. The van der Waals surface area contributed by atoms with E-state index in [4.69, 9.17) is 9.47 Å². The van der Waals surface area contributed by atoms with Crippen molar-refractivity contribution in [1.29, 1.82) is 0 Å². The molecule has 6 heteroatoms. The highest BCUT2D eigenvalue weighted by atomic mass is 19.1. The molecule has 1 rings (SSSR count). The Hall–Kier alpha value is -2.11. The Labute approximate surface area is 97.6 Å². The normalized spacial score (nSPS) is 10.5. The molecule has 0 spiro atoms. The Morgan fingerprint density at radius 2 is 2.24 bits per heavy atom. The smallest absolute Gasteiger partial charge is 0.235 e. The van der Waals surface area contributed by atoms with Crippen LogP contribution in [0.1, 0.15) is 5.56 Å². The van der Waals surface area contributed by atoms with Crippen molar-refractivity contribution in [2.75, 3.05) is 20.4 Å². The predicted octanol–water partition coefficient (Wildman–Crippen LogP) is 2.29. The van der Waals surface area contributed by atoms with Crippen LogP contribution in [0.4, 0.5) is 4.39 Å². The molecule has 0 amide bonds. The summed E-state index contributed by atoms with van der Waals surface area (Å²) in [5.74, 6) is 0.812. The molecule has 0 aliphatic heterocycles. The van der Waals surface area contributed by atoms with E-state index in [-0.39, 0.29) is 6.61 Å². The number of nitrogens with zero attached hydrogens (tertiary/aromatic N) is 1. The van der Waals surface area contributed by atoms with E-state index in [0.717, 1.165) is 6.20 Å². The summed E-state index contributed by atoms with van der Waals surface area (Å²) < 4.78 is 22.1. The summed E-state index contributed by atoms with van der Waals surface area (Å²) in [6, 6.07) is 4.79. The molecule has 0 saturated carbocycles. The zero-order chi connectivity index (χ0) is 12.7. The average Bonchev–Trinajstić information content (AvgIpc) is 2.33. The van der Waals surface area contributed by atoms with Crippen LogP contribution in [0.25, 0.3) is 6.08 Å². The Morgan fingerprint density at radius 1 is 1.47 bits per heavy atom. The van der Waals surface area contributed by atoms with E-state index in [2.05, 4.69) is 0 Å². The van der Waals surface area contributed by atoms with Gasteiger partial charge in [0.2, 0.25) is 6.20 Å². The highest BCUT2D eigenvalue weighted by Crippen LogP contribution is 2.28. The van der Waals surface area contributed by atoms with Crippen molar-refractivity contribution >= 4 is 6.08 Å². The molecule has 0 aliphatic carbocycles. The topological polar surface area (TPSA) is 61.6 Å². The number of benzene rings is 1. The van der Waals surface area contributed by atoms with Crippen molar-refractivity contribution < 1.29 is 18.8 Å². The zero-order valence-corrected chi connectivity index (χ0v) is 9.26. The molecule has 0 heterocycles. The second-order valence-electron chi connectivity index (χ2n) is 3.05. The highest BCUT2D eigenvalue weighted by molar-refractivity contribution is 5.55. The van der Waals surface area contributed by atoms with Gasteiger partial charge in [-0.25, -0.2) is 4.39 Å². The van der Waals surface area contributed by atoms with Gasteiger partial charge in [0.1, 0.15) is 13.3 Å². The first-order valence-corrected chi connectivity index (χ1v) is 4.86. The van der Waals surface area contributed by atoms with Crippen LogP contribution in [-0.2, 0) is 0 Å². The second kappa shape index (κ2) is 6.47. The molecule has 0 N–H and O–H groups in total. The summed E-state index contributed by atoms with van der Waals surface area (Å²) in [7, 11) is 1.46. The number of alkyl halides is 1. The number of nitro groups is 1. The third-order valence-electron chi connectivity index (χ3n) is 1.91. The van der Waals surface area contributed by atoms with E-state index >= 15 is 0 Å². The first-order chi connectivity index (χ1) is 8.17. The molecule has 92 valence electrons. The van der Waals surface area contributed by atoms with E-state index in [1.165, 1.54) is 13.2 Å². The summed E-state index contributed by atoms with van der Waals surface area (Å²) in [5.41, 5.74) is 0.580. The van der Waals surface area contributed by atoms with Crippen molar-refractivity contribution in [1.82, 2.24) is 0 Å². The fourth-order valence-corrected chi connectivity index (χ4v) is 1.21. The van der Waals surface area contributed by atoms with Crippen LogP contribution in [0.15, 0.2) is 24.4 Å². The molecule has 0 saturated heterocycles. The van der Waals surface area contributed by atoms with Gasteiger partial charge < -0.3 is 9.47 Å². The lowest BCUT2D eigenvalue weighted by Gasteiger charge is -2.09. The summed E-state index contributed by atoms with van der Waals surface area (Å²) in [4.78, 5) is 9.60. The maximum Gasteiger partial charge on any atom is 0.235 e. The van der Waals surface area contributed by atoms with Gasteiger partial charge in [-0.1, -0.05) is 6.07 Å². The molecule has 0 bridgehead atoms. The maximum absolute atomic E-state index is 12.0. The van der Waals surface area contributed by atoms with Gasteiger partial charge >= 0.3 is 0 Å². The number of methoxy groups -OCH3 is 1. The van der Waals surface area contributed by atoms with Crippen molar-refractivity contribution in [3.63, 3.8) is 0 Å². The highest BCUT2D eigenvalue weighted by Gasteiger charge is 2.05. The largest absolute Gasteiger partial charge is 0.493 e. The molecule has 0 aliphatic rings. The van der Waals surface area contributed by atoms with Crippen LogP contribution in [-0.4, -0.2) is 25.3 Å². The number of rotatable bonds is 6. The minimum absolute atomic E-state index is 0.0846. The maximum atomic E-state index is 12.0. The SMILES string of the molecule is COc1ccc(/C=C/[N+](=O)[O-])cc1OCCF. The lowest BCUT2D eigenvalue weighted by molar-refractivity contribution is -0.400. The van der Waals surface area contributed by atoms with Gasteiger partial charge in [0.15, 0.2) is 11.5 Å². The first kappa shape index (κ1) is 13.0. The predicted molar refractivity (Wildman–Crippen MR) is 60.5 cm³/mol. The van der Waals surface area contributed by atoms with Crippen molar-refractivity contribution in [3.8, 4) is 11.5 Å². The Morgan fingerprint density at radius 3 is 2.82 bits per heavy atom. The van der Waals surface area contributed by atoms with Gasteiger partial charge in [-0.3, -0.25) is 10.1 Å². The van der Waals surface area contributed by atoms with E-state index < -0.39 is 11.6 Å². The van der Waals surface area contributed by atoms with Crippen LogP contribution in [0.3, 0.4) is 0 Å². The molecular formula is C11H12FNO4. The number of ether oxygens (including phenoxy) is 2. The zero-order valence-electron chi connectivity index (χ0n) is 9.26. The van der Waals surface area contributed by atoms with E-state index in [1.54, 1.807) is 18.2 Å². The molecule has 0 fully saturated rings. The van der Waals surface area contributed by atoms with Gasteiger partial charge in [0.25, 0.3) is 0 Å². The van der Waals surface area contributed by atoms with Crippen molar-refractivity contribution in [3.05, 3.63) is 40.1 Å². The molecule has 1 aromatic rings. The van der Waals surface area contributed by atoms with Crippen LogP contribution in [0.5, 0.6) is 11.5 Å². The molecule has 5 nitrogen and oxygen atoms in total. The van der Waals surface area contributed by atoms with Crippen LogP contribution >= 0.6 is 0 Å². The lowest BCUT2D eigenvalue weighted by Crippen LogP contribution is -2.00. The minimum atomic E-state index is -0.613. The Bertz CT molecular complexity index is 420. The molecule has 0 atom stereocenters. The standard InChI is InChI=1S/C11H12FNO4/c1-16-10-3-2-9(4-6-13(14)15)8-11(10)17-7-5-12/h2-4,6,8H,5,7H2,1H3/b6-4+. The summed E-state index contributed by atoms with van der Waals surface area (Å²) in [6.45, 7) is -0.698. The summed E-state index contributed by atoms with van der Waals surface area (Å²) in [6.07, 6.45) is 2.14. The van der Waals surface area contributed by atoms with Gasteiger partial charge in [-0.05, 0) is 17.7 Å². The fraction of sp³-hybridized carbons (Fsp3) is 0.273. The molecule has 0 aromatic heterocycles. The summed E-state index contributed by atoms with van der Waals surface area (Å²) >= 11 is 0. The quantitative estimate of drug-likeness (QED) is 0.566. The Balaban J connectivity index is 2.91. The van der Waals surface area contributed by atoms with Gasteiger partial charge in [0.05, 0.1) is 12.0 Å². The van der Waals surface area contributed by atoms with E-state index in [9.17, 15) is 14.5 Å². The van der Waals surface area contributed by atoms with Gasteiger partial charge in [0, 0.05) is 6.08 Å². The minimum Gasteiger partial charge on any atom is -0.493 e. The molecular weight excluding hydrogens is 229 g/mol.